The summed E-state index contributed by atoms with van der Waals surface area (Å²) in [6.45, 7) is 10.8. The molecule has 90 valence electrons. The van der Waals surface area contributed by atoms with Gasteiger partial charge in [-0.3, -0.25) is 0 Å². The van der Waals surface area contributed by atoms with Crippen LogP contribution in [0.4, 0.5) is 0 Å². The number of rotatable bonds is 5. The summed E-state index contributed by atoms with van der Waals surface area (Å²) < 4.78 is 0. The first-order valence-corrected chi connectivity index (χ1v) is 7.04. The molecule has 0 aliphatic carbocycles. The Kier molecular flexibility index (Phi) is 5.48. The van der Waals surface area contributed by atoms with E-state index in [1.807, 2.05) is 0 Å². The summed E-state index contributed by atoms with van der Waals surface area (Å²) in [6.07, 6.45) is 5.61. The maximum Gasteiger partial charge on any atom is 0.00405 e. The fraction of sp³-hybridized carbons (Fsp3) is 1.00. The molecule has 15 heavy (non-hydrogen) atoms. The minimum Gasteiger partial charge on any atom is -0.303 e. The van der Waals surface area contributed by atoms with Crippen molar-refractivity contribution in [2.75, 3.05) is 25.4 Å². The van der Waals surface area contributed by atoms with Crippen molar-refractivity contribution in [2.24, 2.45) is 11.3 Å². The summed E-state index contributed by atoms with van der Waals surface area (Å²) in [5.41, 5.74) is 0.376. The second-order valence-corrected chi connectivity index (χ2v) is 6.15. The Bertz CT molecular complexity index is 171. The third kappa shape index (κ3) is 4.78. The SMILES string of the molecule is CCCC1CCN(CC(C)(C)CS)CC1. The number of hydrogen-bond acceptors (Lipinski definition) is 2. The fourth-order valence-corrected chi connectivity index (χ4v) is 2.60. The van der Waals surface area contributed by atoms with E-state index < -0.39 is 0 Å². The highest BCUT2D eigenvalue weighted by atomic mass is 32.1. The molecule has 0 aromatic rings. The van der Waals surface area contributed by atoms with Gasteiger partial charge in [0.2, 0.25) is 0 Å². The largest absolute Gasteiger partial charge is 0.303 e. The summed E-state index contributed by atoms with van der Waals surface area (Å²) in [4.78, 5) is 2.63. The predicted octanol–water partition coefficient (Wildman–Crippen LogP) is 3.45. The van der Waals surface area contributed by atoms with Crippen LogP contribution in [0.5, 0.6) is 0 Å². The lowest BCUT2D eigenvalue weighted by Crippen LogP contribution is -2.40. The third-order valence-electron chi connectivity index (χ3n) is 3.48. The van der Waals surface area contributed by atoms with Crippen LogP contribution in [0, 0.1) is 11.3 Å². The van der Waals surface area contributed by atoms with E-state index in [1.54, 1.807) is 0 Å². The zero-order valence-corrected chi connectivity index (χ0v) is 11.5. The lowest BCUT2D eigenvalue weighted by Gasteiger charge is -2.36. The van der Waals surface area contributed by atoms with E-state index in [0.717, 1.165) is 11.7 Å². The monoisotopic (exact) mass is 229 g/mol. The molecule has 0 bridgehead atoms. The van der Waals surface area contributed by atoms with Crippen LogP contribution in [0.1, 0.15) is 46.5 Å². The molecule has 0 atom stereocenters. The molecule has 1 heterocycles. The van der Waals surface area contributed by atoms with E-state index in [2.05, 4.69) is 38.3 Å². The van der Waals surface area contributed by atoms with Gasteiger partial charge in [0.25, 0.3) is 0 Å². The van der Waals surface area contributed by atoms with E-state index >= 15 is 0 Å². The highest BCUT2D eigenvalue weighted by Gasteiger charge is 2.24. The number of nitrogens with zero attached hydrogens (tertiary/aromatic N) is 1. The summed E-state index contributed by atoms with van der Waals surface area (Å²) >= 11 is 4.43. The van der Waals surface area contributed by atoms with Crippen molar-refractivity contribution in [3.05, 3.63) is 0 Å². The number of likely N-dealkylation sites (tertiary alicyclic amines) is 1. The molecule has 2 heteroatoms. The second kappa shape index (κ2) is 6.15. The Hall–Kier alpha value is 0.310. The first-order chi connectivity index (χ1) is 7.07. The van der Waals surface area contributed by atoms with Crippen molar-refractivity contribution >= 4 is 12.6 Å². The van der Waals surface area contributed by atoms with Gasteiger partial charge in [-0.25, -0.2) is 0 Å². The van der Waals surface area contributed by atoms with Crippen LogP contribution in [-0.2, 0) is 0 Å². The molecule has 0 unspecified atom stereocenters. The van der Waals surface area contributed by atoms with Crippen LogP contribution in [0.2, 0.25) is 0 Å². The molecule has 0 spiro atoms. The number of thiol groups is 1. The second-order valence-electron chi connectivity index (χ2n) is 5.83. The summed E-state index contributed by atoms with van der Waals surface area (Å²) in [5, 5.41) is 0. The van der Waals surface area contributed by atoms with E-state index in [1.165, 1.54) is 45.3 Å². The number of hydrogen-bond donors (Lipinski definition) is 1. The first-order valence-electron chi connectivity index (χ1n) is 6.40. The Morgan fingerprint density at radius 2 is 1.87 bits per heavy atom. The minimum atomic E-state index is 0.376. The van der Waals surface area contributed by atoms with Crippen molar-refractivity contribution in [3.8, 4) is 0 Å². The summed E-state index contributed by atoms with van der Waals surface area (Å²) in [7, 11) is 0. The molecule has 1 saturated heterocycles. The predicted molar refractivity (Wildman–Crippen MR) is 71.7 cm³/mol. The van der Waals surface area contributed by atoms with Crippen LogP contribution in [0.15, 0.2) is 0 Å². The van der Waals surface area contributed by atoms with Crippen LogP contribution in [0.25, 0.3) is 0 Å². The van der Waals surface area contributed by atoms with Crippen LogP contribution in [-0.4, -0.2) is 30.3 Å². The average Bonchev–Trinajstić information content (AvgIpc) is 2.21. The Morgan fingerprint density at radius 3 is 2.33 bits per heavy atom. The van der Waals surface area contributed by atoms with Gasteiger partial charge < -0.3 is 4.90 Å². The first kappa shape index (κ1) is 13.4. The topological polar surface area (TPSA) is 3.24 Å². The van der Waals surface area contributed by atoms with E-state index in [9.17, 15) is 0 Å². The van der Waals surface area contributed by atoms with Gasteiger partial charge >= 0.3 is 0 Å². The quantitative estimate of drug-likeness (QED) is 0.707. The zero-order chi connectivity index (χ0) is 11.3. The molecule has 1 aliphatic rings. The van der Waals surface area contributed by atoms with Crippen LogP contribution >= 0.6 is 12.6 Å². The fourth-order valence-electron chi connectivity index (χ4n) is 2.50. The van der Waals surface area contributed by atoms with Crippen molar-refractivity contribution in [3.63, 3.8) is 0 Å². The van der Waals surface area contributed by atoms with Crippen molar-refractivity contribution in [1.82, 2.24) is 4.90 Å². The maximum absolute atomic E-state index is 4.43. The Balaban J connectivity index is 2.25. The summed E-state index contributed by atoms with van der Waals surface area (Å²) in [5.74, 6) is 1.99. The molecular weight excluding hydrogens is 202 g/mol. The lowest BCUT2D eigenvalue weighted by molar-refractivity contribution is 0.135. The molecule has 1 aliphatic heterocycles. The molecule has 1 rings (SSSR count). The molecule has 0 aromatic carbocycles. The molecule has 0 saturated carbocycles. The molecular formula is C13H27NS. The van der Waals surface area contributed by atoms with E-state index in [-0.39, 0.29) is 0 Å². The third-order valence-corrected chi connectivity index (χ3v) is 4.34. The highest BCUT2D eigenvalue weighted by molar-refractivity contribution is 7.80. The molecule has 0 aromatic heterocycles. The highest BCUT2D eigenvalue weighted by Crippen LogP contribution is 2.25. The van der Waals surface area contributed by atoms with Gasteiger partial charge in [0, 0.05) is 6.54 Å². The minimum absolute atomic E-state index is 0.376. The zero-order valence-electron chi connectivity index (χ0n) is 10.6. The van der Waals surface area contributed by atoms with Gasteiger partial charge in [0.15, 0.2) is 0 Å². The van der Waals surface area contributed by atoms with Crippen molar-refractivity contribution in [2.45, 2.75) is 46.5 Å². The maximum atomic E-state index is 4.43. The smallest absolute Gasteiger partial charge is 0.00405 e. The van der Waals surface area contributed by atoms with Gasteiger partial charge in [0.05, 0.1) is 0 Å². The van der Waals surface area contributed by atoms with Crippen LogP contribution in [0.3, 0.4) is 0 Å². The lowest BCUT2D eigenvalue weighted by atomic mass is 9.90. The van der Waals surface area contributed by atoms with E-state index in [4.69, 9.17) is 0 Å². The Labute approximate surface area is 101 Å². The van der Waals surface area contributed by atoms with Crippen molar-refractivity contribution < 1.29 is 0 Å². The molecule has 1 nitrogen and oxygen atoms in total. The van der Waals surface area contributed by atoms with Crippen molar-refractivity contribution in [1.29, 1.82) is 0 Å². The van der Waals surface area contributed by atoms with E-state index in [0.29, 0.717) is 5.41 Å². The standard InChI is InChI=1S/C13H27NS/c1-4-5-12-6-8-14(9-7-12)10-13(2,3)11-15/h12,15H,4-11H2,1-3H3. The van der Waals surface area contributed by atoms with Gasteiger partial charge in [-0.2, -0.15) is 12.6 Å². The number of piperidine rings is 1. The summed E-state index contributed by atoms with van der Waals surface area (Å²) in [6, 6.07) is 0. The van der Waals surface area contributed by atoms with Gasteiger partial charge in [-0.15, -0.1) is 0 Å². The normalized spacial score (nSPS) is 20.8. The van der Waals surface area contributed by atoms with Gasteiger partial charge in [-0.05, 0) is 43.0 Å². The molecule has 0 radical (unpaired) electrons. The Morgan fingerprint density at radius 1 is 1.27 bits per heavy atom. The van der Waals surface area contributed by atoms with Crippen LogP contribution < -0.4 is 0 Å². The average molecular weight is 229 g/mol. The molecule has 0 amide bonds. The van der Waals surface area contributed by atoms with Gasteiger partial charge in [-0.1, -0.05) is 33.6 Å². The van der Waals surface area contributed by atoms with Gasteiger partial charge in [0.1, 0.15) is 0 Å². The molecule has 0 N–H and O–H groups in total. The molecule has 1 fully saturated rings.